The van der Waals surface area contributed by atoms with Crippen LogP contribution in [0.2, 0.25) is 0 Å². The van der Waals surface area contributed by atoms with Crippen LogP contribution in [0.25, 0.3) is 0 Å². The first-order chi connectivity index (χ1) is 17.3. The van der Waals surface area contributed by atoms with Crippen molar-refractivity contribution in [2.75, 3.05) is 19.7 Å². The fourth-order valence-electron chi connectivity index (χ4n) is 8.75. The van der Waals surface area contributed by atoms with Crippen LogP contribution in [0.1, 0.15) is 74.6 Å². The molecule has 6 aliphatic rings. The third kappa shape index (κ3) is 3.80. The number of hydrogen-bond donors (Lipinski definition) is 0. The number of aromatic nitrogens is 1. The van der Waals surface area contributed by atoms with E-state index in [1.54, 1.807) is 0 Å². The molecule has 0 aromatic carbocycles. The minimum absolute atomic E-state index is 0.183. The average Bonchev–Trinajstić information content (AvgIpc) is 3.36. The molecule has 1 aromatic heterocycles. The Balaban J connectivity index is 1.10. The molecule has 4 saturated carbocycles. The molecule has 3 heterocycles. The zero-order valence-corrected chi connectivity index (χ0v) is 20.8. The van der Waals surface area contributed by atoms with Gasteiger partial charge in [0.1, 0.15) is 0 Å². The molecule has 5 fully saturated rings. The van der Waals surface area contributed by atoms with Gasteiger partial charge in [0.25, 0.3) is 0 Å². The quantitative estimate of drug-likeness (QED) is 0.581. The van der Waals surface area contributed by atoms with Crippen molar-refractivity contribution in [2.45, 2.75) is 95.1 Å². The maximum Gasteiger partial charge on any atom is 0.417 e. The van der Waals surface area contributed by atoms with Crippen molar-refractivity contribution in [1.29, 1.82) is 0 Å². The molecule has 7 rings (SSSR count). The standard InChI is InChI=1S/C28H36F3N3O2/c29-28(30,31)21-11-19-16-33(7-5-23(19)32-15-21)26(35)27-6-1-2-20(27)13-22(14-27)34-8-9-36-25-12-18-10-17(18)3-4-24(25)34/h11,15,17-18,20,22,24-25H,1-10,12-14,16H2/t17?,18?,20-,22+,24+,25+,27-/m1/s1. The average molecular weight is 504 g/mol. The predicted octanol–water partition coefficient (Wildman–Crippen LogP) is 4.82. The number of nitrogens with zero attached hydrogens (tertiary/aromatic N) is 3. The number of amides is 1. The Morgan fingerprint density at radius 1 is 1.11 bits per heavy atom. The third-order valence-electron chi connectivity index (χ3n) is 10.6. The normalized spacial score (nSPS) is 40.1. The van der Waals surface area contributed by atoms with Crippen molar-refractivity contribution in [3.63, 3.8) is 0 Å². The maximum absolute atomic E-state index is 14.2. The van der Waals surface area contributed by atoms with Crippen molar-refractivity contribution in [2.24, 2.45) is 23.2 Å². The van der Waals surface area contributed by atoms with E-state index in [0.717, 1.165) is 63.3 Å². The van der Waals surface area contributed by atoms with E-state index >= 15 is 0 Å². The number of carbonyl (C=O) groups is 1. The third-order valence-corrected chi connectivity index (χ3v) is 10.6. The fourth-order valence-corrected chi connectivity index (χ4v) is 8.75. The number of ether oxygens (including phenoxy) is 1. The summed E-state index contributed by atoms with van der Waals surface area (Å²) in [5, 5.41) is 0. The first kappa shape index (κ1) is 23.4. The topological polar surface area (TPSA) is 45.7 Å². The van der Waals surface area contributed by atoms with Crippen LogP contribution in [-0.2, 0) is 28.7 Å². The van der Waals surface area contributed by atoms with Crippen LogP contribution in [0.5, 0.6) is 0 Å². The highest BCUT2D eigenvalue weighted by Crippen LogP contribution is 2.58. The zero-order valence-electron chi connectivity index (χ0n) is 20.8. The van der Waals surface area contributed by atoms with Crippen LogP contribution in [0.15, 0.2) is 12.3 Å². The van der Waals surface area contributed by atoms with Gasteiger partial charge in [0.15, 0.2) is 0 Å². The second-order valence-electron chi connectivity index (χ2n) is 12.4. The lowest BCUT2D eigenvalue weighted by molar-refractivity contribution is -0.145. The van der Waals surface area contributed by atoms with Gasteiger partial charge in [-0.3, -0.25) is 14.7 Å². The molecule has 0 spiro atoms. The minimum Gasteiger partial charge on any atom is -0.375 e. The van der Waals surface area contributed by atoms with Gasteiger partial charge >= 0.3 is 6.18 Å². The molecule has 8 heteroatoms. The summed E-state index contributed by atoms with van der Waals surface area (Å²) in [4.78, 5) is 22.8. The van der Waals surface area contributed by atoms with Gasteiger partial charge < -0.3 is 9.64 Å². The van der Waals surface area contributed by atoms with Crippen molar-refractivity contribution < 1.29 is 22.7 Å². The Morgan fingerprint density at radius 3 is 2.86 bits per heavy atom. The summed E-state index contributed by atoms with van der Waals surface area (Å²) in [5.41, 5.74) is 0.176. The van der Waals surface area contributed by atoms with Crippen molar-refractivity contribution in [3.8, 4) is 0 Å². The number of morpholine rings is 1. The molecule has 7 atom stereocenters. The Morgan fingerprint density at radius 2 is 2.00 bits per heavy atom. The van der Waals surface area contributed by atoms with Gasteiger partial charge in [0.05, 0.1) is 23.7 Å². The Labute approximate surface area is 210 Å². The summed E-state index contributed by atoms with van der Waals surface area (Å²) in [6, 6.07) is 2.10. The summed E-state index contributed by atoms with van der Waals surface area (Å²) in [7, 11) is 0. The van der Waals surface area contributed by atoms with Gasteiger partial charge in [0, 0.05) is 50.0 Å². The van der Waals surface area contributed by atoms with Gasteiger partial charge in [-0.2, -0.15) is 13.2 Å². The molecule has 1 saturated heterocycles. The van der Waals surface area contributed by atoms with Gasteiger partial charge in [0.2, 0.25) is 5.91 Å². The van der Waals surface area contributed by atoms with Crippen LogP contribution in [0.3, 0.4) is 0 Å². The van der Waals surface area contributed by atoms with E-state index in [1.165, 1.54) is 31.7 Å². The van der Waals surface area contributed by atoms with E-state index in [2.05, 4.69) is 9.88 Å². The number of hydrogen-bond acceptors (Lipinski definition) is 4. The minimum atomic E-state index is -4.42. The van der Waals surface area contributed by atoms with Gasteiger partial charge in [-0.25, -0.2) is 0 Å². The highest BCUT2D eigenvalue weighted by molar-refractivity contribution is 5.84. The summed E-state index contributed by atoms with van der Waals surface area (Å²) in [6.07, 6.45) is 7.55. The molecule has 0 bridgehead atoms. The second-order valence-corrected chi connectivity index (χ2v) is 12.4. The van der Waals surface area contributed by atoms with E-state index in [0.29, 0.717) is 48.3 Å². The van der Waals surface area contributed by atoms with Crippen LogP contribution in [-0.4, -0.2) is 58.6 Å². The lowest BCUT2D eigenvalue weighted by Crippen LogP contribution is -2.55. The molecule has 2 unspecified atom stereocenters. The van der Waals surface area contributed by atoms with E-state index in [4.69, 9.17) is 4.74 Å². The van der Waals surface area contributed by atoms with Crippen LogP contribution in [0.4, 0.5) is 13.2 Å². The number of fused-ring (bicyclic) bond motifs is 4. The SMILES string of the molecule is O=C(N1CCc2ncc(C(F)(F)F)cc2C1)[C@@]12CCC[C@@H]1C[C@H](N1CCO[C@H]3CC4CC4CC[C@@H]31)C2. The van der Waals surface area contributed by atoms with E-state index in [9.17, 15) is 18.0 Å². The molecular formula is C28H36F3N3O2. The first-order valence-electron chi connectivity index (χ1n) is 14.0. The molecule has 1 aromatic rings. The Bertz CT molecular complexity index is 1050. The van der Waals surface area contributed by atoms with Crippen molar-refractivity contribution in [1.82, 2.24) is 14.8 Å². The molecule has 0 N–H and O–H groups in total. The summed E-state index contributed by atoms with van der Waals surface area (Å²) in [5.74, 6) is 2.34. The molecule has 2 aliphatic heterocycles. The number of alkyl halides is 3. The second kappa shape index (κ2) is 8.42. The summed E-state index contributed by atoms with van der Waals surface area (Å²) in [6.45, 7) is 2.54. The highest BCUT2D eigenvalue weighted by Gasteiger charge is 2.58. The molecular weight excluding hydrogens is 467 g/mol. The monoisotopic (exact) mass is 503 g/mol. The number of rotatable bonds is 2. The number of carbonyl (C=O) groups excluding carboxylic acids is 1. The van der Waals surface area contributed by atoms with E-state index in [1.807, 2.05) is 4.90 Å². The Hall–Kier alpha value is -1.67. The highest BCUT2D eigenvalue weighted by atomic mass is 19.4. The van der Waals surface area contributed by atoms with E-state index < -0.39 is 11.7 Å². The molecule has 0 radical (unpaired) electrons. The molecule has 36 heavy (non-hydrogen) atoms. The van der Waals surface area contributed by atoms with Crippen molar-refractivity contribution >= 4 is 5.91 Å². The van der Waals surface area contributed by atoms with Crippen molar-refractivity contribution in [3.05, 3.63) is 29.1 Å². The largest absolute Gasteiger partial charge is 0.417 e. The summed E-state index contributed by atoms with van der Waals surface area (Å²) < 4.78 is 46.1. The first-order valence-corrected chi connectivity index (χ1v) is 14.0. The lowest BCUT2D eigenvalue weighted by atomic mass is 9.78. The smallest absolute Gasteiger partial charge is 0.375 e. The number of halogens is 3. The molecule has 5 nitrogen and oxygen atoms in total. The van der Waals surface area contributed by atoms with Crippen LogP contribution in [0, 0.1) is 23.2 Å². The Kier molecular flexibility index (Phi) is 5.48. The van der Waals surface area contributed by atoms with Crippen LogP contribution < -0.4 is 0 Å². The molecule has 4 aliphatic carbocycles. The predicted molar refractivity (Wildman–Crippen MR) is 127 cm³/mol. The maximum atomic E-state index is 14.2. The number of pyridine rings is 1. The lowest BCUT2D eigenvalue weighted by Gasteiger charge is -2.45. The van der Waals surface area contributed by atoms with Crippen LogP contribution >= 0.6 is 0 Å². The fraction of sp³-hybridized carbons (Fsp3) is 0.786. The van der Waals surface area contributed by atoms with E-state index in [-0.39, 0.29) is 17.9 Å². The zero-order chi connectivity index (χ0) is 24.7. The van der Waals surface area contributed by atoms with Gasteiger partial charge in [-0.1, -0.05) is 6.42 Å². The molecule has 196 valence electrons. The summed E-state index contributed by atoms with van der Waals surface area (Å²) >= 11 is 0. The van der Waals surface area contributed by atoms with Gasteiger partial charge in [-0.05, 0) is 80.8 Å². The van der Waals surface area contributed by atoms with Gasteiger partial charge in [-0.15, -0.1) is 0 Å². The molecule has 1 amide bonds.